The smallest absolute Gasteiger partial charge is 0.295 e. The Hall–Kier alpha value is -3.32. The van der Waals surface area contributed by atoms with Gasteiger partial charge in [0.2, 0.25) is 0 Å². The fourth-order valence-corrected chi connectivity index (χ4v) is 4.21. The molecule has 34 heavy (non-hydrogen) atoms. The summed E-state index contributed by atoms with van der Waals surface area (Å²) in [6.45, 7) is 11.6. The normalized spacial score (nSPS) is 17.4. The standard InChI is InChI=1S/C27H34N2O5/c1-5-28(6-2)16-17-29-24(19-12-14-21(15-13-19)33-7-3)23(26(31)27(29)32)25(30)20-10-9-11-22(18-20)34-8-4/h9-15,18,24,30H,5-8,16-17H2,1-4H3/b25-23+. The molecule has 1 aliphatic rings. The molecular weight excluding hydrogens is 432 g/mol. The number of aliphatic hydroxyl groups excluding tert-OH is 1. The molecule has 7 heteroatoms. The quantitative estimate of drug-likeness (QED) is 0.303. The molecule has 0 radical (unpaired) electrons. The van der Waals surface area contributed by atoms with Crippen molar-refractivity contribution in [1.82, 2.24) is 9.80 Å². The van der Waals surface area contributed by atoms with Crippen LogP contribution in [0.3, 0.4) is 0 Å². The van der Waals surface area contributed by atoms with Crippen LogP contribution in [-0.4, -0.2) is 66.0 Å². The molecule has 1 heterocycles. The van der Waals surface area contributed by atoms with E-state index in [1.54, 1.807) is 29.2 Å². The molecule has 3 rings (SSSR count). The van der Waals surface area contributed by atoms with Gasteiger partial charge in [0.15, 0.2) is 0 Å². The van der Waals surface area contributed by atoms with E-state index >= 15 is 0 Å². The van der Waals surface area contributed by atoms with Crippen molar-refractivity contribution in [3.8, 4) is 11.5 Å². The zero-order chi connectivity index (χ0) is 24.7. The fraction of sp³-hybridized carbons (Fsp3) is 0.407. The van der Waals surface area contributed by atoms with E-state index in [1.165, 1.54) is 0 Å². The Morgan fingerprint density at radius 3 is 2.21 bits per heavy atom. The van der Waals surface area contributed by atoms with Crippen LogP contribution < -0.4 is 9.47 Å². The summed E-state index contributed by atoms with van der Waals surface area (Å²) in [5.74, 6) is -0.203. The van der Waals surface area contributed by atoms with Gasteiger partial charge in [-0.15, -0.1) is 0 Å². The van der Waals surface area contributed by atoms with Crippen LogP contribution in [0.2, 0.25) is 0 Å². The predicted molar refractivity (Wildman–Crippen MR) is 132 cm³/mol. The van der Waals surface area contributed by atoms with Crippen molar-refractivity contribution in [3.05, 3.63) is 65.2 Å². The molecule has 182 valence electrons. The molecular formula is C27H34N2O5. The monoisotopic (exact) mass is 466 g/mol. The largest absolute Gasteiger partial charge is 0.507 e. The van der Waals surface area contributed by atoms with Gasteiger partial charge >= 0.3 is 0 Å². The molecule has 1 unspecified atom stereocenters. The number of benzene rings is 2. The van der Waals surface area contributed by atoms with Crippen LogP contribution in [0.5, 0.6) is 11.5 Å². The number of carbonyl (C=O) groups is 2. The van der Waals surface area contributed by atoms with Gasteiger partial charge in [0.05, 0.1) is 24.8 Å². The lowest BCUT2D eigenvalue weighted by atomic mass is 9.95. The lowest BCUT2D eigenvalue weighted by Crippen LogP contribution is -2.38. The van der Waals surface area contributed by atoms with Gasteiger partial charge in [-0.2, -0.15) is 0 Å². The number of Topliss-reactive ketones (excluding diaryl/α,β-unsaturated/α-hetero) is 1. The van der Waals surface area contributed by atoms with E-state index in [4.69, 9.17) is 9.47 Å². The third-order valence-corrected chi connectivity index (χ3v) is 6.02. The Bertz CT molecular complexity index is 1030. The third kappa shape index (κ3) is 5.42. The maximum atomic E-state index is 13.2. The first-order valence-electron chi connectivity index (χ1n) is 11.9. The summed E-state index contributed by atoms with van der Waals surface area (Å²) in [4.78, 5) is 30.1. The first-order chi connectivity index (χ1) is 16.4. The van der Waals surface area contributed by atoms with Crippen LogP contribution in [-0.2, 0) is 9.59 Å². The molecule has 0 aromatic heterocycles. The van der Waals surface area contributed by atoms with Crippen LogP contribution in [0.25, 0.3) is 5.76 Å². The maximum absolute atomic E-state index is 13.2. The lowest BCUT2D eigenvalue weighted by molar-refractivity contribution is -0.140. The van der Waals surface area contributed by atoms with E-state index in [1.807, 2.05) is 38.1 Å². The number of ketones is 1. The second-order valence-electron chi connectivity index (χ2n) is 7.98. The van der Waals surface area contributed by atoms with Gasteiger partial charge in [0.1, 0.15) is 17.3 Å². The van der Waals surface area contributed by atoms with E-state index in [0.29, 0.717) is 43.4 Å². The van der Waals surface area contributed by atoms with E-state index < -0.39 is 17.7 Å². The molecule has 1 saturated heterocycles. The highest BCUT2D eigenvalue weighted by Crippen LogP contribution is 2.40. The minimum Gasteiger partial charge on any atom is -0.507 e. The van der Waals surface area contributed by atoms with Gasteiger partial charge in [-0.05, 0) is 56.8 Å². The molecule has 2 aromatic rings. The zero-order valence-electron chi connectivity index (χ0n) is 20.4. The van der Waals surface area contributed by atoms with Gasteiger partial charge in [-0.1, -0.05) is 38.1 Å². The molecule has 1 fully saturated rings. The van der Waals surface area contributed by atoms with E-state index in [9.17, 15) is 14.7 Å². The van der Waals surface area contributed by atoms with Gasteiger partial charge < -0.3 is 24.4 Å². The van der Waals surface area contributed by atoms with E-state index in [-0.39, 0.29) is 11.3 Å². The van der Waals surface area contributed by atoms with Crippen LogP contribution >= 0.6 is 0 Å². The average Bonchev–Trinajstić information content (AvgIpc) is 3.10. The summed E-state index contributed by atoms with van der Waals surface area (Å²) < 4.78 is 11.1. The molecule has 1 atom stereocenters. The van der Waals surface area contributed by atoms with Crippen molar-refractivity contribution in [2.45, 2.75) is 33.7 Å². The van der Waals surface area contributed by atoms with Gasteiger partial charge in [0, 0.05) is 18.7 Å². The maximum Gasteiger partial charge on any atom is 0.295 e. The molecule has 1 N–H and O–H groups in total. The number of ether oxygens (including phenoxy) is 2. The summed E-state index contributed by atoms with van der Waals surface area (Å²) in [5.41, 5.74) is 1.26. The molecule has 7 nitrogen and oxygen atoms in total. The molecule has 1 amide bonds. The van der Waals surface area contributed by atoms with Crippen molar-refractivity contribution >= 4 is 17.4 Å². The molecule has 0 spiro atoms. The summed E-state index contributed by atoms with van der Waals surface area (Å²) in [6.07, 6.45) is 0. The predicted octanol–water partition coefficient (Wildman–Crippen LogP) is 4.25. The van der Waals surface area contributed by atoms with Gasteiger partial charge in [0.25, 0.3) is 11.7 Å². The highest BCUT2D eigenvalue weighted by Gasteiger charge is 2.46. The number of likely N-dealkylation sites (tertiary alicyclic amines) is 1. The van der Waals surface area contributed by atoms with Crippen molar-refractivity contribution in [2.75, 3.05) is 39.4 Å². The highest BCUT2D eigenvalue weighted by atomic mass is 16.5. The molecule has 2 aromatic carbocycles. The van der Waals surface area contributed by atoms with Crippen molar-refractivity contribution in [1.29, 1.82) is 0 Å². The number of aliphatic hydroxyl groups is 1. The highest BCUT2D eigenvalue weighted by molar-refractivity contribution is 6.46. The van der Waals surface area contributed by atoms with Gasteiger partial charge in [-0.3, -0.25) is 9.59 Å². The SMILES string of the molecule is CCOc1ccc(C2/C(=C(\O)c3cccc(OCC)c3)C(=O)C(=O)N2CCN(CC)CC)cc1. The second-order valence-corrected chi connectivity index (χ2v) is 7.98. The third-order valence-electron chi connectivity index (χ3n) is 6.02. The number of hydrogen-bond donors (Lipinski definition) is 1. The van der Waals surface area contributed by atoms with Gasteiger partial charge in [-0.25, -0.2) is 0 Å². The fourth-order valence-electron chi connectivity index (χ4n) is 4.21. The molecule has 1 aliphatic heterocycles. The Balaban J connectivity index is 2.08. The average molecular weight is 467 g/mol. The minimum absolute atomic E-state index is 0.0855. The summed E-state index contributed by atoms with van der Waals surface area (Å²) in [5, 5.41) is 11.2. The van der Waals surface area contributed by atoms with Crippen LogP contribution in [0.1, 0.15) is 44.9 Å². The van der Waals surface area contributed by atoms with Crippen molar-refractivity contribution in [2.24, 2.45) is 0 Å². The van der Waals surface area contributed by atoms with Crippen LogP contribution in [0.4, 0.5) is 0 Å². The number of hydrogen-bond acceptors (Lipinski definition) is 6. The molecule has 0 bridgehead atoms. The molecule has 0 aliphatic carbocycles. The zero-order valence-corrected chi connectivity index (χ0v) is 20.4. The molecule has 0 saturated carbocycles. The Morgan fingerprint density at radius 1 is 0.941 bits per heavy atom. The van der Waals surface area contributed by atoms with Crippen LogP contribution in [0.15, 0.2) is 54.1 Å². The topological polar surface area (TPSA) is 79.3 Å². The Kier molecular flexibility index (Phi) is 8.71. The summed E-state index contributed by atoms with van der Waals surface area (Å²) in [6, 6.07) is 13.6. The summed E-state index contributed by atoms with van der Waals surface area (Å²) >= 11 is 0. The number of amides is 1. The Morgan fingerprint density at radius 2 is 1.59 bits per heavy atom. The number of likely N-dealkylation sites (N-methyl/N-ethyl adjacent to an activating group) is 1. The lowest BCUT2D eigenvalue weighted by Gasteiger charge is -2.28. The first kappa shape index (κ1) is 25.3. The van der Waals surface area contributed by atoms with Crippen molar-refractivity contribution < 1.29 is 24.2 Å². The van der Waals surface area contributed by atoms with Crippen molar-refractivity contribution in [3.63, 3.8) is 0 Å². The van der Waals surface area contributed by atoms with E-state index in [2.05, 4.69) is 18.7 Å². The number of carbonyl (C=O) groups excluding carboxylic acids is 2. The van der Waals surface area contributed by atoms with Crippen LogP contribution in [0, 0.1) is 0 Å². The Labute approximate surface area is 201 Å². The van der Waals surface area contributed by atoms with E-state index in [0.717, 1.165) is 18.7 Å². The number of nitrogens with zero attached hydrogens (tertiary/aromatic N) is 2. The second kappa shape index (κ2) is 11.7. The number of rotatable bonds is 11. The first-order valence-corrected chi connectivity index (χ1v) is 11.9. The minimum atomic E-state index is -0.693. The summed E-state index contributed by atoms with van der Waals surface area (Å²) in [7, 11) is 0.